The van der Waals surface area contributed by atoms with Gasteiger partial charge in [-0.1, -0.05) is 143 Å². The molecule has 0 amide bonds. The molecule has 0 aliphatic rings. The number of unbranched alkanes of at least 4 members (excludes halogenated alkanes) is 18. The van der Waals surface area contributed by atoms with Crippen LogP contribution in [0.5, 0.6) is 0 Å². The second-order valence-corrected chi connectivity index (χ2v) is 11.5. The lowest BCUT2D eigenvalue weighted by molar-refractivity contribution is -0.169. The van der Waals surface area contributed by atoms with Crippen molar-refractivity contribution in [3.05, 3.63) is 0 Å². The van der Waals surface area contributed by atoms with Crippen molar-refractivity contribution >= 4 is 11.9 Å². The van der Waals surface area contributed by atoms with Crippen LogP contribution in [0, 0.1) is 0 Å². The molecule has 0 bridgehead atoms. The summed E-state index contributed by atoms with van der Waals surface area (Å²) in [4.78, 5) is 25.4. The molecule has 226 valence electrons. The average Bonchev–Trinajstić information content (AvgIpc) is 2.91. The third-order valence-corrected chi connectivity index (χ3v) is 7.63. The summed E-state index contributed by atoms with van der Waals surface area (Å²) in [7, 11) is 0. The summed E-state index contributed by atoms with van der Waals surface area (Å²) < 4.78 is 11.9. The second kappa shape index (κ2) is 28.9. The van der Waals surface area contributed by atoms with Gasteiger partial charge in [-0.15, -0.1) is 0 Å². The van der Waals surface area contributed by atoms with E-state index in [0.717, 1.165) is 64.2 Å². The molecule has 0 heterocycles. The first-order valence-electron chi connectivity index (χ1n) is 17.0. The molecule has 0 aromatic heterocycles. The maximum atomic E-state index is 12.7. The molecule has 0 spiro atoms. The third-order valence-electron chi connectivity index (χ3n) is 7.63. The molecule has 38 heavy (non-hydrogen) atoms. The molecule has 0 fully saturated rings. The summed E-state index contributed by atoms with van der Waals surface area (Å²) in [5.41, 5.74) is 0. The van der Waals surface area contributed by atoms with Crippen LogP contribution in [0.2, 0.25) is 0 Å². The first kappa shape index (κ1) is 36.9. The van der Waals surface area contributed by atoms with E-state index in [0.29, 0.717) is 12.8 Å². The highest BCUT2D eigenvalue weighted by Crippen LogP contribution is 2.21. The van der Waals surface area contributed by atoms with Crippen LogP contribution in [-0.2, 0) is 19.1 Å². The summed E-state index contributed by atoms with van der Waals surface area (Å²) in [5, 5.41) is 0. The quantitative estimate of drug-likeness (QED) is 0.0702. The molecule has 2 atom stereocenters. The predicted octanol–water partition coefficient (Wildman–Crippen LogP) is 11.0. The van der Waals surface area contributed by atoms with Gasteiger partial charge in [0.15, 0.2) is 0 Å². The molecule has 0 aromatic rings. The fourth-order valence-electron chi connectivity index (χ4n) is 5.07. The second-order valence-electron chi connectivity index (χ2n) is 11.5. The molecule has 0 N–H and O–H groups in total. The van der Waals surface area contributed by atoms with Gasteiger partial charge in [-0.05, 0) is 38.5 Å². The molecule has 0 rings (SSSR count). The lowest BCUT2D eigenvalue weighted by Crippen LogP contribution is -2.35. The molecule has 0 aliphatic heterocycles. The normalized spacial score (nSPS) is 12.8. The van der Waals surface area contributed by atoms with Crippen molar-refractivity contribution in [2.24, 2.45) is 0 Å². The predicted molar refractivity (Wildman–Crippen MR) is 162 cm³/mol. The van der Waals surface area contributed by atoms with Crippen LogP contribution in [0.15, 0.2) is 0 Å². The van der Waals surface area contributed by atoms with Crippen LogP contribution in [0.4, 0.5) is 0 Å². The van der Waals surface area contributed by atoms with Crippen LogP contribution < -0.4 is 0 Å². The zero-order chi connectivity index (χ0) is 28.1. The topological polar surface area (TPSA) is 52.6 Å². The maximum Gasteiger partial charge on any atom is 0.306 e. The van der Waals surface area contributed by atoms with Crippen molar-refractivity contribution in [1.29, 1.82) is 0 Å². The number of carbonyl (C=O) groups is 2. The van der Waals surface area contributed by atoms with Crippen molar-refractivity contribution in [3.63, 3.8) is 0 Å². The molecule has 0 aromatic carbocycles. The van der Waals surface area contributed by atoms with E-state index in [1.807, 2.05) is 0 Å². The van der Waals surface area contributed by atoms with Gasteiger partial charge in [0, 0.05) is 12.8 Å². The van der Waals surface area contributed by atoms with E-state index in [9.17, 15) is 9.59 Å². The van der Waals surface area contributed by atoms with Crippen LogP contribution in [0.3, 0.4) is 0 Å². The van der Waals surface area contributed by atoms with E-state index in [2.05, 4.69) is 27.7 Å². The largest absolute Gasteiger partial charge is 0.458 e. The third kappa shape index (κ3) is 24.0. The van der Waals surface area contributed by atoms with Gasteiger partial charge in [0.05, 0.1) is 0 Å². The van der Waals surface area contributed by atoms with Gasteiger partial charge in [0.2, 0.25) is 0 Å². The van der Waals surface area contributed by atoms with Crippen LogP contribution in [-0.4, -0.2) is 24.1 Å². The summed E-state index contributed by atoms with van der Waals surface area (Å²) in [5.74, 6) is -0.240. The zero-order valence-electron chi connectivity index (χ0n) is 26.2. The molecular weight excluding hydrogens is 472 g/mol. The van der Waals surface area contributed by atoms with E-state index in [1.54, 1.807) is 0 Å². The van der Waals surface area contributed by atoms with Crippen LogP contribution in [0.1, 0.15) is 195 Å². The summed E-state index contributed by atoms with van der Waals surface area (Å²) in [6.07, 6.45) is 28.1. The lowest BCUT2D eigenvalue weighted by atomic mass is 10.0. The molecule has 0 saturated heterocycles. The Kier molecular flexibility index (Phi) is 28.1. The summed E-state index contributed by atoms with van der Waals surface area (Å²) >= 11 is 0. The Bertz CT molecular complexity index is 473. The van der Waals surface area contributed by atoms with Crippen LogP contribution in [0.25, 0.3) is 0 Å². The van der Waals surface area contributed by atoms with Gasteiger partial charge >= 0.3 is 11.9 Å². The molecule has 0 radical (unpaired) electrons. The molecular formula is C34H66O4. The van der Waals surface area contributed by atoms with E-state index in [-0.39, 0.29) is 24.1 Å². The van der Waals surface area contributed by atoms with E-state index >= 15 is 0 Å². The molecule has 0 saturated carbocycles. The maximum absolute atomic E-state index is 12.7. The van der Waals surface area contributed by atoms with Gasteiger partial charge in [-0.25, -0.2) is 0 Å². The summed E-state index contributed by atoms with van der Waals surface area (Å²) in [6.45, 7) is 8.80. The highest BCUT2D eigenvalue weighted by atomic mass is 16.6. The van der Waals surface area contributed by atoms with E-state index < -0.39 is 0 Å². The fourth-order valence-corrected chi connectivity index (χ4v) is 5.07. The number of carbonyl (C=O) groups excluding carboxylic acids is 2. The van der Waals surface area contributed by atoms with Gasteiger partial charge in [0.25, 0.3) is 0 Å². The minimum absolute atomic E-state index is 0.120. The number of hydrogen-bond acceptors (Lipinski definition) is 4. The highest BCUT2D eigenvalue weighted by molar-refractivity contribution is 5.70. The van der Waals surface area contributed by atoms with E-state index in [1.165, 1.54) is 89.9 Å². The summed E-state index contributed by atoms with van der Waals surface area (Å²) in [6, 6.07) is 0. The number of rotatable bonds is 29. The fraction of sp³-hybridized carbons (Fsp3) is 0.941. The molecule has 0 aliphatic carbocycles. The minimum atomic E-state index is -0.306. The smallest absolute Gasteiger partial charge is 0.306 e. The van der Waals surface area contributed by atoms with Gasteiger partial charge < -0.3 is 9.47 Å². The Morgan fingerprint density at radius 2 is 0.658 bits per heavy atom. The Hall–Kier alpha value is -1.06. The molecule has 4 nitrogen and oxygen atoms in total. The van der Waals surface area contributed by atoms with Crippen molar-refractivity contribution in [2.45, 2.75) is 207 Å². The molecule has 2 unspecified atom stereocenters. The van der Waals surface area contributed by atoms with Crippen molar-refractivity contribution < 1.29 is 19.1 Å². The van der Waals surface area contributed by atoms with Crippen molar-refractivity contribution in [2.75, 3.05) is 0 Å². The van der Waals surface area contributed by atoms with Crippen LogP contribution >= 0.6 is 0 Å². The van der Waals surface area contributed by atoms with Gasteiger partial charge in [-0.2, -0.15) is 0 Å². The monoisotopic (exact) mass is 538 g/mol. The standard InChI is InChI=1S/C34H66O4/c1-5-9-13-15-17-19-21-23-25-29-33(35)37-31(27-11-7-3)32(28-12-8-4)38-34(36)30-26-24-22-20-18-16-14-10-6-2/h31-32H,5-30H2,1-4H3. The SMILES string of the molecule is CCCCCCCCCCCC(=O)OC(CCCC)C(CCCC)OC(=O)CCCCCCCCCCC. The Morgan fingerprint density at radius 1 is 0.395 bits per heavy atom. The highest BCUT2D eigenvalue weighted by Gasteiger charge is 2.27. The van der Waals surface area contributed by atoms with Gasteiger partial charge in [0.1, 0.15) is 12.2 Å². The number of ether oxygens (including phenoxy) is 2. The lowest BCUT2D eigenvalue weighted by Gasteiger charge is -2.27. The average molecular weight is 539 g/mol. The number of hydrogen-bond donors (Lipinski definition) is 0. The zero-order valence-corrected chi connectivity index (χ0v) is 26.2. The Balaban J connectivity index is 4.43. The Labute approximate surface area is 237 Å². The van der Waals surface area contributed by atoms with Crippen molar-refractivity contribution in [1.82, 2.24) is 0 Å². The van der Waals surface area contributed by atoms with Gasteiger partial charge in [-0.3, -0.25) is 9.59 Å². The number of esters is 2. The van der Waals surface area contributed by atoms with E-state index in [4.69, 9.17) is 9.47 Å². The first-order chi connectivity index (χ1) is 18.6. The Morgan fingerprint density at radius 3 is 0.947 bits per heavy atom. The minimum Gasteiger partial charge on any atom is -0.458 e. The van der Waals surface area contributed by atoms with Crippen molar-refractivity contribution in [3.8, 4) is 0 Å². The molecule has 4 heteroatoms. The first-order valence-corrected chi connectivity index (χ1v) is 17.0.